The minimum absolute atomic E-state index is 0.638. The Bertz CT molecular complexity index is 650. The molecule has 1 aliphatic rings. The Labute approximate surface area is 146 Å². The van der Waals surface area contributed by atoms with Crippen molar-refractivity contribution in [3.63, 3.8) is 0 Å². The number of hydrogen-bond donors (Lipinski definition) is 1. The molecular weight excluding hydrogens is 294 g/mol. The van der Waals surface area contributed by atoms with Gasteiger partial charge in [0.05, 0.1) is 5.60 Å². The van der Waals surface area contributed by atoms with Crippen LogP contribution in [0.5, 0.6) is 0 Å². The molecule has 1 fully saturated rings. The van der Waals surface area contributed by atoms with Gasteiger partial charge in [0, 0.05) is 12.6 Å². The Hall–Kier alpha value is -1.64. The van der Waals surface area contributed by atoms with Gasteiger partial charge in [-0.15, -0.1) is 0 Å². The van der Waals surface area contributed by atoms with E-state index in [0.29, 0.717) is 6.04 Å². The first-order chi connectivity index (χ1) is 11.6. The van der Waals surface area contributed by atoms with E-state index in [9.17, 15) is 5.11 Å². The Morgan fingerprint density at radius 3 is 2.50 bits per heavy atom. The van der Waals surface area contributed by atoms with Crippen LogP contribution in [0.15, 0.2) is 54.6 Å². The summed E-state index contributed by atoms with van der Waals surface area (Å²) in [5.74, 6) is 0. The lowest BCUT2D eigenvalue weighted by Crippen LogP contribution is -2.40. The largest absolute Gasteiger partial charge is 0.385 e. The maximum absolute atomic E-state index is 11.2. The third-order valence-corrected chi connectivity index (χ3v) is 5.42. The molecule has 24 heavy (non-hydrogen) atoms. The van der Waals surface area contributed by atoms with Gasteiger partial charge in [-0.25, -0.2) is 0 Å². The summed E-state index contributed by atoms with van der Waals surface area (Å²) in [6.07, 6.45) is 4.67. The molecule has 2 aromatic rings. The molecule has 1 heterocycles. The van der Waals surface area contributed by atoms with Crippen molar-refractivity contribution in [2.24, 2.45) is 0 Å². The maximum atomic E-state index is 11.2. The van der Waals surface area contributed by atoms with Crippen molar-refractivity contribution in [2.75, 3.05) is 13.1 Å². The van der Waals surface area contributed by atoms with Gasteiger partial charge in [0.2, 0.25) is 0 Å². The third-order valence-electron chi connectivity index (χ3n) is 5.42. The summed E-state index contributed by atoms with van der Waals surface area (Å²) in [4.78, 5) is 2.53. The molecule has 0 spiro atoms. The topological polar surface area (TPSA) is 23.5 Å². The number of nitrogens with zero attached hydrogens (tertiary/aromatic N) is 1. The highest BCUT2D eigenvalue weighted by atomic mass is 16.3. The number of piperidine rings is 1. The van der Waals surface area contributed by atoms with E-state index in [0.717, 1.165) is 30.6 Å². The van der Waals surface area contributed by atoms with Crippen molar-refractivity contribution in [1.82, 2.24) is 4.90 Å². The molecule has 2 heteroatoms. The zero-order valence-electron chi connectivity index (χ0n) is 14.9. The third kappa shape index (κ3) is 3.88. The van der Waals surface area contributed by atoms with Crippen LogP contribution >= 0.6 is 0 Å². The predicted molar refractivity (Wildman–Crippen MR) is 101 cm³/mol. The number of likely N-dealkylation sites (tertiary alicyclic amines) is 1. The second kappa shape index (κ2) is 7.50. The highest BCUT2D eigenvalue weighted by Crippen LogP contribution is 2.34. The van der Waals surface area contributed by atoms with Crippen molar-refractivity contribution in [1.29, 1.82) is 0 Å². The van der Waals surface area contributed by atoms with Crippen molar-refractivity contribution < 1.29 is 5.11 Å². The van der Waals surface area contributed by atoms with Gasteiger partial charge in [-0.3, -0.25) is 0 Å². The minimum Gasteiger partial charge on any atom is -0.385 e. The fraction of sp³-hybridized carbons (Fsp3) is 0.455. The summed E-state index contributed by atoms with van der Waals surface area (Å²) in [5.41, 5.74) is 2.51. The van der Waals surface area contributed by atoms with Crippen molar-refractivity contribution >= 4 is 0 Å². The first-order valence-corrected chi connectivity index (χ1v) is 9.19. The van der Waals surface area contributed by atoms with Gasteiger partial charge in [-0.05, 0) is 56.3 Å². The lowest BCUT2D eigenvalue weighted by molar-refractivity contribution is 0.0274. The summed E-state index contributed by atoms with van der Waals surface area (Å²) in [6, 6.07) is 19.3. The van der Waals surface area contributed by atoms with E-state index in [1.165, 1.54) is 24.8 Å². The molecule has 0 aromatic heterocycles. The molecule has 2 nitrogen and oxygen atoms in total. The summed E-state index contributed by atoms with van der Waals surface area (Å²) in [7, 11) is 0. The van der Waals surface area contributed by atoms with Crippen LogP contribution in [-0.4, -0.2) is 29.1 Å². The van der Waals surface area contributed by atoms with Crippen LogP contribution in [0.2, 0.25) is 0 Å². The molecule has 0 saturated carbocycles. The fourth-order valence-corrected chi connectivity index (χ4v) is 3.81. The quantitative estimate of drug-likeness (QED) is 0.852. The summed E-state index contributed by atoms with van der Waals surface area (Å²) in [5, 5.41) is 11.2. The SMILES string of the molecule is CC1CCCCN1CCC(C)(O)c1ccccc1-c1ccccc1. The average molecular weight is 323 g/mol. The molecule has 2 atom stereocenters. The molecule has 128 valence electrons. The molecule has 0 amide bonds. The average Bonchev–Trinajstić information content (AvgIpc) is 2.62. The molecule has 0 aliphatic carbocycles. The molecule has 1 saturated heterocycles. The second-order valence-corrected chi connectivity index (χ2v) is 7.32. The van der Waals surface area contributed by atoms with Crippen LogP contribution in [0.4, 0.5) is 0 Å². The van der Waals surface area contributed by atoms with Crippen molar-refractivity contribution in [3.05, 3.63) is 60.2 Å². The van der Waals surface area contributed by atoms with E-state index in [1.807, 2.05) is 19.1 Å². The molecule has 3 rings (SSSR count). The minimum atomic E-state index is -0.816. The van der Waals surface area contributed by atoms with Gasteiger partial charge in [-0.2, -0.15) is 0 Å². The lowest BCUT2D eigenvalue weighted by atomic mass is 9.85. The van der Waals surface area contributed by atoms with Crippen LogP contribution < -0.4 is 0 Å². The Kier molecular flexibility index (Phi) is 5.37. The van der Waals surface area contributed by atoms with Gasteiger partial charge in [-0.1, -0.05) is 61.0 Å². The van der Waals surface area contributed by atoms with Gasteiger partial charge >= 0.3 is 0 Å². The molecule has 2 aromatic carbocycles. The summed E-state index contributed by atoms with van der Waals surface area (Å²) in [6.45, 7) is 6.39. The maximum Gasteiger partial charge on any atom is 0.0886 e. The van der Waals surface area contributed by atoms with Crippen LogP contribution in [-0.2, 0) is 5.60 Å². The summed E-state index contributed by atoms with van der Waals surface area (Å²) < 4.78 is 0. The Balaban J connectivity index is 1.79. The molecular formula is C22H29NO. The smallest absolute Gasteiger partial charge is 0.0886 e. The first kappa shape index (κ1) is 17.2. The number of rotatable bonds is 5. The van der Waals surface area contributed by atoms with Gasteiger partial charge in [0.1, 0.15) is 0 Å². The number of benzene rings is 2. The molecule has 1 aliphatic heterocycles. The van der Waals surface area contributed by atoms with Crippen molar-refractivity contribution in [3.8, 4) is 11.1 Å². The highest BCUT2D eigenvalue weighted by molar-refractivity contribution is 5.68. The van der Waals surface area contributed by atoms with E-state index in [1.54, 1.807) is 0 Å². The van der Waals surface area contributed by atoms with Crippen LogP contribution in [0.25, 0.3) is 11.1 Å². The van der Waals surface area contributed by atoms with E-state index in [2.05, 4.69) is 54.3 Å². The molecule has 0 radical (unpaired) electrons. The highest BCUT2D eigenvalue weighted by Gasteiger charge is 2.28. The monoisotopic (exact) mass is 323 g/mol. The zero-order chi connectivity index (χ0) is 17.0. The van der Waals surface area contributed by atoms with E-state index >= 15 is 0 Å². The van der Waals surface area contributed by atoms with E-state index < -0.39 is 5.60 Å². The van der Waals surface area contributed by atoms with Crippen LogP contribution in [0.3, 0.4) is 0 Å². The first-order valence-electron chi connectivity index (χ1n) is 9.19. The van der Waals surface area contributed by atoms with E-state index in [-0.39, 0.29) is 0 Å². The zero-order valence-corrected chi connectivity index (χ0v) is 14.9. The predicted octanol–water partition coefficient (Wildman–Crippen LogP) is 4.83. The van der Waals surface area contributed by atoms with Crippen LogP contribution in [0.1, 0.15) is 45.1 Å². The second-order valence-electron chi connectivity index (χ2n) is 7.32. The van der Waals surface area contributed by atoms with Gasteiger partial charge < -0.3 is 10.0 Å². The molecule has 0 bridgehead atoms. The van der Waals surface area contributed by atoms with E-state index in [4.69, 9.17) is 0 Å². The normalized spacial score (nSPS) is 21.4. The molecule has 1 N–H and O–H groups in total. The number of aliphatic hydroxyl groups is 1. The fourth-order valence-electron chi connectivity index (χ4n) is 3.81. The standard InChI is InChI=1S/C22H29NO/c1-18-10-8-9-16-23(18)17-15-22(2,24)21-14-7-6-13-20(21)19-11-4-3-5-12-19/h3-7,11-14,18,24H,8-10,15-17H2,1-2H3. The van der Waals surface area contributed by atoms with Gasteiger partial charge in [0.25, 0.3) is 0 Å². The summed E-state index contributed by atoms with van der Waals surface area (Å²) >= 11 is 0. The van der Waals surface area contributed by atoms with Crippen molar-refractivity contribution in [2.45, 2.75) is 51.2 Å². The Morgan fingerprint density at radius 2 is 1.75 bits per heavy atom. The molecule has 2 unspecified atom stereocenters. The van der Waals surface area contributed by atoms with Gasteiger partial charge in [0.15, 0.2) is 0 Å². The Morgan fingerprint density at radius 1 is 1.04 bits per heavy atom. The van der Waals surface area contributed by atoms with Crippen LogP contribution in [0, 0.1) is 0 Å². The lowest BCUT2D eigenvalue weighted by Gasteiger charge is -2.36. The number of hydrogen-bond acceptors (Lipinski definition) is 2.